The van der Waals surface area contributed by atoms with E-state index in [1.807, 2.05) is 6.07 Å². The van der Waals surface area contributed by atoms with Crippen LogP contribution in [0.15, 0.2) is 45.3 Å². The number of nitrogens with zero attached hydrogens (tertiary/aromatic N) is 1. The molecule has 5 nitrogen and oxygen atoms in total. The Bertz CT molecular complexity index is 547. The van der Waals surface area contributed by atoms with Gasteiger partial charge in [0.2, 0.25) is 0 Å². The Morgan fingerprint density at radius 2 is 1.94 bits per heavy atom. The van der Waals surface area contributed by atoms with Crippen LogP contribution in [0, 0.1) is 0 Å². The predicted octanol–water partition coefficient (Wildman–Crippen LogP) is 0.650. The van der Waals surface area contributed by atoms with E-state index >= 15 is 0 Å². The number of hydrogen-bond donors (Lipinski definition) is 1. The van der Waals surface area contributed by atoms with Crippen LogP contribution in [0.5, 0.6) is 5.75 Å². The summed E-state index contributed by atoms with van der Waals surface area (Å²) < 4.78 is 31.4. The molecule has 0 aromatic heterocycles. The molecule has 1 aromatic carbocycles. The molecule has 6 heteroatoms. The first-order valence-corrected chi connectivity index (χ1v) is 6.00. The highest BCUT2D eigenvalue weighted by Gasteiger charge is 2.24. The highest BCUT2D eigenvalue weighted by Crippen LogP contribution is 2.18. The maximum Gasteiger partial charge on any atom is 0.284 e. The second kappa shape index (κ2) is 3.97. The minimum Gasteiger partial charge on any atom is -0.488 e. The number of rotatable bonds is 3. The van der Waals surface area contributed by atoms with Crippen LogP contribution >= 0.6 is 0 Å². The first-order valence-electron chi connectivity index (χ1n) is 4.56. The van der Waals surface area contributed by atoms with Gasteiger partial charge in [0, 0.05) is 0 Å². The van der Waals surface area contributed by atoms with E-state index < -0.39 is 10.0 Å². The van der Waals surface area contributed by atoms with Crippen LogP contribution in [-0.4, -0.2) is 21.2 Å². The van der Waals surface area contributed by atoms with Gasteiger partial charge in [-0.1, -0.05) is 18.2 Å². The summed E-state index contributed by atoms with van der Waals surface area (Å²) in [4.78, 5) is 0.0105. The summed E-state index contributed by atoms with van der Waals surface area (Å²) in [5, 5.41) is 0. The molecule has 1 aliphatic rings. The molecule has 0 unspecified atom stereocenters. The van der Waals surface area contributed by atoms with Gasteiger partial charge in [0.05, 0.1) is 11.9 Å². The van der Waals surface area contributed by atoms with Gasteiger partial charge in [0.1, 0.15) is 17.3 Å². The SMILES string of the molecule is NC1=C(COc2ccccc2)S(=O)(=O)N=C1. The minimum atomic E-state index is -3.61. The number of nitrogens with two attached hydrogens (primary N) is 1. The normalized spacial score (nSPS) is 17.8. The van der Waals surface area contributed by atoms with Gasteiger partial charge in [-0.15, -0.1) is 0 Å². The molecule has 0 atom stereocenters. The van der Waals surface area contributed by atoms with Crippen LogP contribution in [0.1, 0.15) is 0 Å². The van der Waals surface area contributed by atoms with Crippen LogP contribution in [0.25, 0.3) is 0 Å². The number of allylic oxidation sites excluding steroid dienone is 1. The third-order valence-electron chi connectivity index (χ3n) is 2.08. The molecule has 0 radical (unpaired) electrons. The Balaban J connectivity index is 2.11. The van der Waals surface area contributed by atoms with Gasteiger partial charge in [0.25, 0.3) is 10.0 Å². The summed E-state index contributed by atoms with van der Waals surface area (Å²) >= 11 is 0. The van der Waals surface area contributed by atoms with Gasteiger partial charge < -0.3 is 10.5 Å². The highest BCUT2D eigenvalue weighted by atomic mass is 32.2. The van der Waals surface area contributed by atoms with Crippen molar-refractivity contribution in [1.29, 1.82) is 0 Å². The molecule has 84 valence electrons. The molecule has 1 heterocycles. The van der Waals surface area contributed by atoms with Crippen LogP contribution in [0.3, 0.4) is 0 Å². The molecule has 2 N–H and O–H groups in total. The molecule has 1 aliphatic heterocycles. The molecule has 1 aromatic rings. The molecular formula is C10H10N2O3S. The van der Waals surface area contributed by atoms with E-state index in [0.717, 1.165) is 6.21 Å². The highest BCUT2D eigenvalue weighted by molar-refractivity contribution is 7.94. The lowest BCUT2D eigenvalue weighted by molar-refractivity contribution is 0.357. The van der Waals surface area contributed by atoms with Crippen molar-refractivity contribution in [2.24, 2.45) is 10.1 Å². The Labute approximate surface area is 93.3 Å². The number of hydrogen-bond acceptors (Lipinski definition) is 4. The van der Waals surface area contributed by atoms with Crippen molar-refractivity contribution >= 4 is 16.2 Å². The van der Waals surface area contributed by atoms with Crippen molar-refractivity contribution in [2.75, 3.05) is 6.61 Å². The number of ether oxygens (including phenoxy) is 1. The third kappa shape index (κ3) is 2.06. The van der Waals surface area contributed by atoms with E-state index in [2.05, 4.69) is 4.40 Å². The average Bonchev–Trinajstić information content (AvgIpc) is 2.52. The summed E-state index contributed by atoms with van der Waals surface area (Å²) in [6.45, 7) is -0.0990. The minimum absolute atomic E-state index is 0.0105. The van der Waals surface area contributed by atoms with Gasteiger partial charge in [0.15, 0.2) is 0 Å². The lowest BCUT2D eigenvalue weighted by atomic mass is 10.3. The second-order valence-corrected chi connectivity index (χ2v) is 4.84. The molecule has 0 bridgehead atoms. The van der Waals surface area contributed by atoms with Crippen LogP contribution in [0.4, 0.5) is 0 Å². The predicted molar refractivity (Wildman–Crippen MR) is 60.6 cm³/mol. The molecule has 0 saturated carbocycles. The average molecular weight is 238 g/mol. The molecular weight excluding hydrogens is 228 g/mol. The van der Waals surface area contributed by atoms with Gasteiger partial charge in [-0.2, -0.15) is 12.8 Å². The Morgan fingerprint density at radius 3 is 2.50 bits per heavy atom. The van der Waals surface area contributed by atoms with E-state index in [1.54, 1.807) is 24.3 Å². The summed E-state index contributed by atoms with van der Waals surface area (Å²) in [5.41, 5.74) is 5.63. The molecule has 16 heavy (non-hydrogen) atoms. The lowest BCUT2D eigenvalue weighted by Crippen LogP contribution is -2.12. The van der Waals surface area contributed by atoms with Crippen molar-refractivity contribution in [2.45, 2.75) is 0 Å². The third-order valence-corrected chi connectivity index (χ3v) is 3.44. The Hall–Kier alpha value is -1.82. The quantitative estimate of drug-likeness (QED) is 0.838. The topological polar surface area (TPSA) is 81.8 Å². The fourth-order valence-corrected chi connectivity index (χ4v) is 2.17. The summed E-state index contributed by atoms with van der Waals surface area (Å²) in [5.74, 6) is 0.588. The zero-order chi connectivity index (χ0) is 11.6. The molecule has 2 rings (SSSR count). The fraction of sp³-hybridized carbons (Fsp3) is 0.100. The Morgan fingerprint density at radius 1 is 1.25 bits per heavy atom. The van der Waals surface area contributed by atoms with Gasteiger partial charge in [-0.25, -0.2) is 0 Å². The van der Waals surface area contributed by atoms with Gasteiger partial charge >= 0.3 is 0 Å². The van der Waals surface area contributed by atoms with Crippen molar-refractivity contribution in [3.63, 3.8) is 0 Å². The largest absolute Gasteiger partial charge is 0.488 e. The maximum atomic E-state index is 11.4. The lowest BCUT2D eigenvalue weighted by Gasteiger charge is -2.06. The van der Waals surface area contributed by atoms with E-state index in [4.69, 9.17) is 10.5 Å². The molecule has 0 spiro atoms. The fourth-order valence-electron chi connectivity index (χ4n) is 1.23. The van der Waals surface area contributed by atoms with Crippen molar-refractivity contribution < 1.29 is 13.2 Å². The van der Waals surface area contributed by atoms with Crippen LogP contribution < -0.4 is 10.5 Å². The van der Waals surface area contributed by atoms with E-state index in [-0.39, 0.29) is 17.2 Å². The smallest absolute Gasteiger partial charge is 0.284 e. The second-order valence-electron chi connectivity index (χ2n) is 3.19. The standard InChI is InChI=1S/C10H10N2O3S/c11-9-6-12-16(13,14)10(9)7-15-8-4-2-1-3-5-8/h1-6H,7,11H2. The van der Waals surface area contributed by atoms with Crippen molar-refractivity contribution in [1.82, 2.24) is 0 Å². The molecule has 0 aliphatic carbocycles. The van der Waals surface area contributed by atoms with Crippen molar-refractivity contribution in [3.05, 3.63) is 40.9 Å². The summed E-state index contributed by atoms with van der Waals surface area (Å²) in [7, 11) is -3.61. The van der Waals surface area contributed by atoms with Crippen LogP contribution in [0.2, 0.25) is 0 Å². The van der Waals surface area contributed by atoms with E-state index in [9.17, 15) is 8.42 Å². The van der Waals surface area contributed by atoms with E-state index in [1.165, 1.54) is 0 Å². The molecule has 0 amide bonds. The van der Waals surface area contributed by atoms with Gasteiger partial charge in [-0.3, -0.25) is 0 Å². The van der Waals surface area contributed by atoms with Crippen LogP contribution in [-0.2, 0) is 10.0 Å². The zero-order valence-electron chi connectivity index (χ0n) is 8.33. The summed E-state index contributed by atoms with van der Waals surface area (Å²) in [6, 6.07) is 8.91. The van der Waals surface area contributed by atoms with Gasteiger partial charge in [-0.05, 0) is 12.1 Å². The monoisotopic (exact) mass is 238 g/mol. The zero-order valence-corrected chi connectivity index (χ0v) is 9.15. The number of benzene rings is 1. The number of sulfonamides is 1. The first kappa shape index (κ1) is 10.7. The number of para-hydroxylation sites is 1. The van der Waals surface area contributed by atoms with Crippen molar-refractivity contribution in [3.8, 4) is 5.75 Å². The first-order chi connectivity index (χ1) is 7.59. The Kier molecular flexibility index (Phi) is 2.66. The maximum absolute atomic E-state index is 11.4. The molecule has 0 saturated heterocycles. The molecule has 0 fully saturated rings. The summed E-state index contributed by atoms with van der Waals surface area (Å²) in [6.07, 6.45) is 1.12. The van der Waals surface area contributed by atoms with E-state index in [0.29, 0.717) is 5.75 Å².